The fourth-order valence-corrected chi connectivity index (χ4v) is 2.62. The lowest BCUT2D eigenvalue weighted by Crippen LogP contribution is -2.35. The normalized spacial score (nSPS) is 18.4. The molecule has 2 nitrogen and oxygen atoms in total. The van der Waals surface area contributed by atoms with Crippen LogP contribution in [0.4, 0.5) is 24.5 Å². The van der Waals surface area contributed by atoms with Crippen molar-refractivity contribution in [3.05, 3.63) is 23.8 Å². The summed E-state index contributed by atoms with van der Waals surface area (Å²) in [5.74, 6) is 0. The predicted octanol–water partition coefficient (Wildman–Crippen LogP) is 4.21. The maximum atomic E-state index is 12.7. The van der Waals surface area contributed by atoms with Crippen LogP contribution in [0.1, 0.15) is 32.3 Å². The van der Waals surface area contributed by atoms with E-state index in [1.54, 1.807) is 6.07 Å². The van der Waals surface area contributed by atoms with E-state index in [2.05, 4.69) is 12.2 Å². The largest absolute Gasteiger partial charge is 0.405 e. The van der Waals surface area contributed by atoms with E-state index in [1.165, 1.54) is 4.90 Å². The van der Waals surface area contributed by atoms with Crippen LogP contribution < -0.4 is 10.2 Å². The van der Waals surface area contributed by atoms with Crippen molar-refractivity contribution < 1.29 is 13.2 Å². The molecule has 0 amide bonds. The van der Waals surface area contributed by atoms with Crippen LogP contribution in [-0.2, 0) is 6.42 Å². The van der Waals surface area contributed by atoms with Gasteiger partial charge in [-0.2, -0.15) is 13.2 Å². The molecule has 112 valence electrons. The second kappa shape index (κ2) is 5.94. The van der Waals surface area contributed by atoms with Crippen molar-refractivity contribution >= 4 is 11.4 Å². The number of hydrogen-bond donors (Lipinski definition) is 1. The number of aryl methyl sites for hydroxylation is 1. The molecule has 5 heteroatoms. The average Bonchev–Trinajstić information content (AvgIpc) is 2.36. The second-order valence-corrected chi connectivity index (χ2v) is 5.46. The minimum absolute atomic E-state index is 0.419. The molecular weight excluding hydrogens is 265 g/mol. The van der Waals surface area contributed by atoms with Crippen molar-refractivity contribution in [1.29, 1.82) is 0 Å². The zero-order chi connectivity index (χ0) is 14.8. The molecule has 1 atom stereocenters. The molecule has 0 saturated heterocycles. The highest BCUT2D eigenvalue weighted by atomic mass is 19.4. The SMILES string of the molecule is CCCN(CC(F)(F)F)c1ccc2c(c1)CCC(C)N2. The maximum Gasteiger partial charge on any atom is 0.405 e. The molecule has 1 heterocycles. The molecule has 0 spiro atoms. The third-order valence-corrected chi connectivity index (χ3v) is 3.57. The molecule has 1 unspecified atom stereocenters. The zero-order valence-corrected chi connectivity index (χ0v) is 11.9. The van der Waals surface area contributed by atoms with Gasteiger partial charge in [-0.3, -0.25) is 0 Å². The van der Waals surface area contributed by atoms with Crippen LogP contribution in [0.3, 0.4) is 0 Å². The van der Waals surface area contributed by atoms with Crippen molar-refractivity contribution in [2.75, 3.05) is 23.3 Å². The number of benzene rings is 1. The molecule has 1 aromatic carbocycles. The summed E-state index contributed by atoms with van der Waals surface area (Å²) in [5, 5.41) is 3.37. The second-order valence-electron chi connectivity index (χ2n) is 5.46. The van der Waals surface area contributed by atoms with Crippen LogP contribution in [0, 0.1) is 0 Å². The average molecular weight is 286 g/mol. The zero-order valence-electron chi connectivity index (χ0n) is 11.9. The molecule has 20 heavy (non-hydrogen) atoms. The monoisotopic (exact) mass is 286 g/mol. The number of halogens is 3. The first-order valence-corrected chi connectivity index (χ1v) is 7.10. The number of hydrogen-bond acceptors (Lipinski definition) is 2. The number of rotatable bonds is 4. The van der Waals surface area contributed by atoms with Gasteiger partial charge >= 0.3 is 6.18 Å². The highest BCUT2D eigenvalue weighted by molar-refractivity contribution is 5.62. The van der Waals surface area contributed by atoms with Crippen LogP contribution in [-0.4, -0.2) is 25.3 Å². The first-order valence-electron chi connectivity index (χ1n) is 7.10. The van der Waals surface area contributed by atoms with Crippen LogP contribution >= 0.6 is 0 Å². The Morgan fingerprint density at radius 1 is 1.35 bits per heavy atom. The number of nitrogens with one attached hydrogen (secondary N) is 1. The van der Waals surface area contributed by atoms with E-state index in [4.69, 9.17) is 0 Å². The molecule has 1 aliphatic rings. The Bertz CT molecular complexity index is 457. The third-order valence-electron chi connectivity index (χ3n) is 3.57. The smallest absolute Gasteiger partial charge is 0.382 e. The van der Waals surface area contributed by atoms with Gasteiger partial charge in [-0.25, -0.2) is 0 Å². The van der Waals surface area contributed by atoms with Crippen molar-refractivity contribution in [2.24, 2.45) is 0 Å². The van der Waals surface area contributed by atoms with Crippen LogP contribution in [0.15, 0.2) is 18.2 Å². The van der Waals surface area contributed by atoms with Gasteiger partial charge < -0.3 is 10.2 Å². The Labute approximate surface area is 118 Å². The maximum absolute atomic E-state index is 12.7. The first-order chi connectivity index (χ1) is 9.39. The van der Waals surface area contributed by atoms with Gasteiger partial charge in [-0.05, 0) is 49.9 Å². The minimum Gasteiger partial charge on any atom is -0.382 e. The molecule has 1 N–H and O–H groups in total. The molecule has 0 radical (unpaired) electrons. The Kier molecular flexibility index (Phi) is 4.45. The Hall–Kier alpha value is -1.39. The van der Waals surface area contributed by atoms with Gasteiger partial charge in [0.2, 0.25) is 0 Å². The third kappa shape index (κ3) is 3.81. The van der Waals surface area contributed by atoms with Crippen LogP contribution in [0.5, 0.6) is 0 Å². The fourth-order valence-electron chi connectivity index (χ4n) is 2.62. The lowest BCUT2D eigenvalue weighted by molar-refractivity contribution is -0.119. The van der Waals surface area contributed by atoms with Gasteiger partial charge in [-0.1, -0.05) is 6.92 Å². The summed E-state index contributed by atoms with van der Waals surface area (Å²) in [6.45, 7) is 3.54. The summed E-state index contributed by atoms with van der Waals surface area (Å²) in [4.78, 5) is 1.41. The van der Waals surface area contributed by atoms with E-state index in [-0.39, 0.29) is 0 Å². The molecular formula is C15H21F3N2. The molecule has 0 fully saturated rings. The summed E-state index contributed by atoms with van der Waals surface area (Å²) >= 11 is 0. The Morgan fingerprint density at radius 2 is 2.10 bits per heavy atom. The molecule has 1 aromatic rings. The summed E-state index contributed by atoms with van der Waals surface area (Å²) < 4.78 is 38.0. The summed E-state index contributed by atoms with van der Waals surface area (Å²) in [7, 11) is 0. The molecule has 0 saturated carbocycles. The van der Waals surface area contributed by atoms with E-state index in [9.17, 15) is 13.2 Å². The van der Waals surface area contributed by atoms with E-state index < -0.39 is 12.7 Å². The van der Waals surface area contributed by atoms with E-state index in [0.717, 1.165) is 24.1 Å². The number of alkyl halides is 3. The standard InChI is InChI=1S/C15H21F3N2/c1-3-8-20(10-15(16,17)18)13-6-7-14-12(9-13)5-4-11(2)19-14/h6-7,9,11,19H,3-5,8,10H2,1-2H3. The Morgan fingerprint density at radius 3 is 2.75 bits per heavy atom. The highest BCUT2D eigenvalue weighted by Crippen LogP contribution is 2.30. The Balaban J connectivity index is 2.21. The fraction of sp³-hybridized carbons (Fsp3) is 0.600. The van der Waals surface area contributed by atoms with Crippen molar-refractivity contribution in [3.8, 4) is 0 Å². The van der Waals surface area contributed by atoms with Gasteiger partial charge in [0, 0.05) is 24.0 Å². The lowest BCUT2D eigenvalue weighted by atomic mass is 9.98. The van der Waals surface area contributed by atoms with Crippen molar-refractivity contribution in [1.82, 2.24) is 0 Å². The number of nitrogens with zero attached hydrogens (tertiary/aromatic N) is 1. The predicted molar refractivity (Wildman–Crippen MR) is 76.4 cm³/mol. The van der Waals surface area contributed by atoms with Gasteiger partial charge in [0.25, 0.3) is 0 Å². The van der Waals surface area contributed by atoms with Gasteiger partial charge in [0.05, 0.1) is 0 Å². The quantitative estimate of drug-likeness (QED) is 0.892. The number of anilines is 2. The summed E-state index contributed by atoms with van der Waals surface area (Å²) in [5.41, 5.74) is 2.83. The molecule has 1 aliphatic heterocycles. The number of fused-ring (bicyclic) bond motifs is 1. The first kappa shape index (κ1) is 15.0. The van der Waals surface area contributed by atoms with E-state index >= 15 is 0 Å². The minimum atomic E-state index is -4.17. The van der Waals surface area contributed by atoms with Gasteiger partial charge in [-0.15, -0.1) is 0 Å². The van der Waals surface area contributed by atoms with Gasteiger partial charge in [0.1, 0.15) is 6.54 Å². The molecule has 0 aliphatic carbocycles. The summed E-state index contributed by atoms with van der Waals surface area (Å²) in [6.07, 6.45) is -1.53. The van der Waals surface area contributed by atoms with E-state index in [0.29, 0.717) is 24.7 Å². The molecule has 0 bridgehead atoms. The lowest BCUT2D eigenvalue weighted by Gasteiger charge is -2.29. The van der Waals surface area contributed by atoms with Crippen LogP contribution in [0.2, 0.25) is 0 Å². The molecule has 0 aromatic heterocycles. The topological polar surface area (TPSA) is 15.3 Å². The highest BCUT2D eigenvalue weighted by Gasteiger charge is 2.31. The van der Waals surface area contributed by atoms with Crippen molar-refractivity contribution in [3.63, 3.8) is 0 Å². The summed E-state index contributed by atoms with van der Waals surface area (Å²) in [6, 6.07) is 6.01. The van der Waals surface area contributed by atoms with Gasteiger partial charge in [0.15, 0.2) is 0 Å². The molecule has 2 rings (SSSR count). The van der Waals surface area contributed by atoms with E-state index in [1.807, 2.05) is 19.1 Å². The van der Waals surface area contributed by atoms with Crippen LogP contribution in [0.25, 0.3) is 0 Å². The van der Waals surface area contributed by atoms with Crippen molar-refractivity contribution in [2.45, 2.75) is 45.3 Å².